The van der Waals surface area contributed by atoms with Crippen LogP contribution >= 0.6 is 0 Å². The fourth-order valence-corrected chi connectivity index (χ4v) is 3.47. The molecule has 29 heavy (non-hydrogen) atoms. The summed E-state index contributed by atoms with van der Waals surface area (Å²) in [4.78, 5) is 11.0. The molecule has 0 unspecified atom stereocenters. The van der Waals surface area contributed by atoms with Crippen LogP contribution in [-0.4, -0.2) is 24.1 Å². The van der Waals surface area contributed by atoms with Crippen LogP contribution in [0.1, 0.15) is 32.4 Å². The molecule has 0 fully saturated rings. The first-order chi connectivity index (χ1) is 13.7. The second kappa shape index (κ2) is 8.04. The maximum atomic E-state index is 13.3. The maximum absolute atomic E-state index is 13.3. The number of nitrogens with one attached hydrogen (secondary N) is 1. The predicted octanol–water partition coefficient (Wildman–Crippen LogP) is 3.86. The van der Waals surface area contributed by atoms with Gasteiger partial charge in [0, 0.05) is 18.7 Å². The normalized spacial score (nSPS) is 11.5. The zero-order valence-corrected chi connectivity index (χ0v) is 16.9. The number of anilines is 1. The number of aromatic nitrogens is 2. The molecule has 0 aliphatic carbocycles. The van der Waals surface area contributed by atoms with E-state index in [1.54, 1.807) is 0 Å². The molecule has 1 amide bonds. The summed E-state index contributed by atoms with van der Waals surface area (Å²) in [5.74, 6) is -0.662. The Balaban J connectivity index is 1.95. The van der Waals surface area contributed by atoms with E-state index in [-0.39, 0.29) is 22.6 Å². The van der Waals surface area contributed by atoms with Gasteiger partial charge in [-0.25, -0.2) is 4.39 Å². The van der Waals surface area contributed by atoms with E-state index in [0.717, 1.165) is 0 Å². The number of carbonyl (C=O) groups is 1. The van der Waals surface area contributed by atoms with Gasteiger partial charge in [-0.05, 0) is 54.4 Å². The Hall–Kier alpha value is -3.20. The Morgan fingerprint density at radius 3 is 2.28 bits per heavy atom. The molecule has 0 spiro atoms. The number of nitrogens with zero attached hydrogens (tertiary/aromatic N) is 2. The van der Waals surface area contributed by atoms with Gasteiger partial charge in [-0.2, -0.15) is 18.2 Å². The lowest BCUT2D eigenvalue weighted by Crippen LogP contribution is -2.13. The topological polar surface area (TPSA) is 90.3 Å². The summed E-state index contributed by atoms with van der Waals surface area (Å²) in [5.41, 5.74) is 1.56. The molecule has 3 rings (SSSR count). The van der Waals surface area contributed by atoms with Gasteiger partial charge in [0.2, 0.25) is 11.8 Å². The van der Waals surface area contributed by atoms with Gasteiger partial charge in [0.1, 0.15) is 10.7 Å². The molecular weight excluding hydrogens is 397 g/mol. The second-order valence-corrected chi connectivity index (χ2v) is 8.24. The van der Waals surface area contributed by atoms with Gasteiger partial charge in [-0.15, -0.1) is 0 Å². The summed E-state index contributed by atoms with van der Waals surface area (Å²) >= 11 is 0. The molecule has 1 heterocycles. The minimum absolute atomic E-state index is 0.00811. The van der Waals surface area contributed by atoms with Crippen molar-refractivity contribution in [1.82, 2.24) is 9.78 Å². The summed E-state index contributed by atoms with van der Waals surface area (Å²) in [6, 6.07) is 12.6. The zero-order chi connectivity index (χ0) is 21.2. The van der Waals surface area contributed by atoms with Crippen LogP contribution in [-0.2, 0) is 14.9 Å². The Bertz CT molecular complexity index is 1120. The van der Waals surface area contributed by atoms with E-state index in [0.29, 0.717) is 17.1 Å². The van der Waals surface area contributed by atoms with Crippen molar-refractivity contribution >= 4 is 21.7 Å². The minimum Gasteiger partial charge on any atom is -0.358 e. The monoisotopic (exact) mass is 417 g/mol. The summed E-state index contributed by atoms with van der Waals surface area (Å²) in [6.07, 6.45) is 0. The van der Waals surface area contributed by atoms with Crippen molar-refractivity contribution in [2.24, 2.45) is 0 Å². The van der Waals surface area contributed by atoms with Crippen molar-refractivity contribution in [1.29, 1.82) is 0 Å². The Kier molecular flexibility index (Phi) is 5.69. The maximum Gasteiger partial charge on any atom is 0.340 e. The molecule has 3 aromatic rings. The van der Waals surface area contributed by atoms with E-state index in [1.807, 2.05) is 13.8 Å². The van der Waals surface area contributed by atoms with Gasteiger partial charge in [0.05, 0.1) is 11.4 Å². The third-order valence-electron chi connectivity index (χ3n) is 4.02. The molecular formula is C20H20FN3O4S. The third kappa shape index (κ3) is 4.80. The fraction of sp³-hybridized carbons (Fsp3) is 0.200. The van der Waals surface area contributed by atoms with Crippen LogP contribution in [0.25, 0.3) is 5.69 Å². The van der Waals surface area contributed by atoms with E-state index in [1.165, 1.54) is 66.2 Å². The van der Waals surface area contributed by atoms with Crippen LogP contribution in [0.3, 0.4) is 0 Å². The van der Waals surface area contributed by atoms with Crippen LogP contribution in [0.4, 0.5) is 10.1 Å². The van der Waals surface area contributed by atoms with Crippen LogP contribution in [0.5, 0.6) is 5.88 Å². The van der Waals surface area contributed by atoms with Crippen molar-refractivity contribution in [2.75, 3.05) is 5.32 Å². The lowest BCUT2D eigenvalue weighted by Gasteiger charge is -2.10. The average molecular weight is 417 g/mol. The number of carbonyl (C=O) groups excluding carboxylic acids is 1. The highest BCUT2D eigenvalue weighted by molar-refractivity contribution is 7.87. The highest BCUT2D eigenvalue weighted by Crippen LogP contribution is 2.27. The van der Waals surface area contributed by atoms with Crippen molar-refractivity contribution in [3.05, 3.63) is 66.1 Å². The average Bonchev–Trinajstić information content (AvgIpc) is 3.06. The van der Waals surface area contributed by atoms with E-state index in [9.17, 15) is 17.6 Å². The number of hydrogen-bond donors (Lipinski definition) is 1. The molecule has 0 bridgehead atoms. The molecule has 152 valence electrons. The molecule has 9 heteroatoms. The van der Waals surface area contributed by atoms with E-state index in [2.05, 4.69) is 10.4 Å². The molecule has 0 saturated carbocycles. The third-order valence-corrected chi connectivity index (χ3v) is 5.26. The standard InChI is InChI=1S/C20H20FN3O4S/c1-13(2)19-12-20(24(23-19)17-8-4-15(21)5-9-17)28-29(26,27)18-10-6-16(7-11-18)22-14(3)25/h4-13H,1-3H3,(H,22,25). The number of halogens is 1. The van der Waals surface area contributed by atoms with Gasteiger partial charge in [-0.3, -0.25) is 4.79 Å². The molecule has 0 saturated heterocycles. The summed E-state index contributed by atoms with van der Waals surface area (Å²) in [5, 5.41) is 6.96. The number of rotatable bonds is 6. The number of benzene rings is 2. The molecule has 1 aromatic heterocycles. The highest BCUT2D eigenvalue weighted by Gasteiger charge is 2.22. The van der Waals surface area contributed by atoms with Crippen molar-refractivity contribution in [3.8, 4) is 11.6 Å². The highest BCUT2D eigenvalue weighted by atomic mass is 32.2. The van der Waals surface area contributed by atoms with Gasteiger partial charge >= 0.3 is 10.1 Å². The van der Waals surface area contributed by atoms with E-state index < -0.39 is 15.9 Å². The van der Waals surface area contributed by atoms with Gasteiger partial charge in [-0.1, -0.05) is 13.8 Å². The first-order valence-electron chi connectivity index (χ1n) is 8.84. The summed E-state index contributed by atoms with van der Waals surface area (Å²) in [7, 11) is -4.16. The molecule has 2 aromatic carbocycles. The molecule has 0 aliphatic rings. The van der Waals surface area contributed by atoms with Crippen LogP contribution in [0, 0.1) is 5.82 Å². The zero-order valence-electron chi connectivity index (χ0n) is 16.1. The van der Waals surface area contributed by atoms with E-state index in [4.69, 9.17) is 4.18 Å². The SMILES string of the molecule is CC(=O)Nc1ccc(S(=O)(=O)Oc2cc(C(C)C)nn2-c2ccc(F)cc2)cc1. The number of amides is 1. The molecule has 7 nitrogen and oxygen atoms in total. The first kappa shape index (κ1) is 20.5. The van der Waals surface area contributed by atoms with Crippen LogP contribution in [0.2, 0.25) is 0 Å². The summed E-state index contributed by atoms with van der Waals surface area (Å²) < 4.78 is 45.4. The van der Waals surface area contributed by atoms with Crippen molar-refractivity contribution in [3.63, 3.8) is 0 Å². The number of hydrogen-bond acceptors (Lipinski definition) is 5. The molecule has 0 aliphatic heterocycles. The van der Waals surface area contributed by atoms with Gasteiger partial charge in [0.15, 0.2) is 0 Å². The first-order valence-corrected chi connectivity index (χ1v) is 10.2. The predicted molar refractivity (Wildman–Crippen MR) is 106 cm³/mol. The largest absolute Gasteiger partial charge is 0.358 e. The Morgan fingerprint density at radius 1 is 1.10 bits per heavy atom. The van der Waals surface area contributed by atoms with Gasteiger partial charge in [0.25, 0.3) is 0 Å². The summed E-state index contributed by atoms with van der Waals surface area (Å²) in [6.45, 7) is 5.18. The van der Waals surface area contributed by atoms with Crippen molar-refractivity contribution < 1.29 is 21.8 Å². The second-order valence-electron chi connectivity index (χ2n) is 6.69. The van der Waals surface area contributed by atoms with E-state index >= 15 is 0 Å². The fourth-order valence-electron chi connectivity index (χ4n) is 2.56. The minimum atomic E-state index is -4.16. The van der Waals surface area contributed by atoms with Crippen LogP contribution in [0.15, 0.2) is 59.5 Å². The lowest BCUT2D eigenvalue weighted by atomic mass is 10.1. The molecule has 1 N–H and O–H groups in total. The van der Waals surface area contributed by atoms with Crippen LogP contribution < -0.4 is 9.50 Å². The molecule has 0 atom stereocenters. The smallest absolute Gasteiger partial charge is 0.340 e. The van der Waals surface area contributed by atoms with Gasteiger partial charge < -0.3 is 9.50 Å². The lowest BCUT2D eigenvalue weighted by molar-refractivity contribution is -0.114. The Labute approximate surface area is 168 Å². The molecule has 0 radical (unpaired) electrons. The van der Waals surface area contributed by atoms with Crippen molar-refractivity contribution in [2.45, 2.75) is 31.6 Å². The Morgan fingerprint density at radius 2 is 1.72 bits per heavy atom. The quantitative estimate of drug-likeness (QED) is 0.615.